The van der Waals surface area contributed by atoms with Crippen molar-refractivity contribution in [3.05, 3.63) is 194 Å². The second kappa shape index (κ2) is 11.0. The predicted molar refractivity (Wildman–Crippen MR) is 268 cm³/mol. The van der Waals surface area contributed by atoms with E-state index in [1.165, 1.54) is 163 Å². The number of fused-ring (bicyclic) bond motifs is 15. The molecule has 0 aliphatic heterocycles. The van der Waals surface area contributed by atoms with Crippen molar-refractivity contribution in [3.8, 4) is 44.5 Å². The van der Waals surface area contributed by atoms with E-state index in [-0.39, 0.29) is 0 Å². The van der Waals surface area contributed by atoms with Gasteiger partial charge < -0.3 is 0 Å². The van der Waals surface area contributed by atoms with Gasteiger partial charge in [-0.3, -0.25) is 0 Å². The van der Waals surface area contributed by atoms with E-state index in [0.29, 0.717) is 0 Å². The van der Waals surface area contributed by atoms with Crippen LogP contribution in [0.2, 0.25) is 0 Å². The predicted octanol–water partition coefficient (Wildman–Crippen LogP) is 17.7. The van der Waals surface area contributed by atoms with E-state index in [1.807, 2.05) is 0 Å². The van der Waals surface area contributed by atoms with Gasteiger partial charge in [-0.25, -0.2) is 0 Å². The lowest BCUT2D eigenvalue weighted by molar-refractivity contribution is 1.62. The average Bonchev–Trinajstić information content (AvgIpc) is 3.97. The van der Waals surface area contributed by atoms with Crippen molar-refractivity contribution in [3.63, 3.8) is 0 Å². The van der Waals surface area contributed by atoms with Gasteiger partial charge in [0, 0.05) is 0 Å². The highest BCUT2D eigenvalue weighted by atomic mass is 14.3. The SMILES string of the molecule is c1ccc(-c2cccc(-c3c4cc5ccccc5c5c6ccccc6c(c6c7ccc8c9ccc%10c%11c(ccc(c%12ccc(c36)c7c%128)c%119)-c3cc6ccccc6cc3-%10)c45)c2)cc1. The maximum atomic E-state index is 2.49. The molecule has 1 aliphatic carbocycles. The lowest BCUT2D eigenvalue weighted by Gasteiger charge is -2.16. The van der Waals surface area contributed by atoms with E-state index >= 15 is 0 Å². The molecule has 15 aromatic carbocycles. The molecule has 0 spiro atoms. The number of benzene rings is 13. The van der Waals surface area contributed by atoms with Crippen LogP contribution in [-0.4, -0.2) is 0 Å². The number of hydrogen-bond donors (Lipinski definition) is 0. The van der Waals surface area contributed by atoms with Crippen molar-refractivity contribution in [2.75, 3.05) is 0 Å². The van der Waals surface area contributed by atoms with Crippen LogP contribution in [0.4, 0.5) is 0 Å². The zero-order chi connectivity index (χ0) is 39.9. The van der Waals surface area contributed by atoms with Crippen LogP contribution in [0.1, 0.15) is 0 Å². The van der Waals surface area contributed by atoms with E-state index < -0.39 is 0 Å². The fourth-order valence-electron chi connectivity index (χ4n) is 12.5. The van der Waals surface area contributed by atoms with Crippen molar-refractivity contribution in [1.29, 1.82) is 0 Å². The Labute approximate surface area is 355 Å². The molecule has 0 radical (unpaired) electrons. The van der Waals surface area contributed by atoms with Crippen LogP contribution in [0, 0.1) is 0 Å². The highest BCUT2D eigenvalue weighted by Gasteiger charge is 2.29. The third-order valence-electron chi connectivity index (χ3n) is 14.9. The molecule has 0 heteroatoms. The smallest absolute Gasteiger partial charge is 0.000696 e. The van der Waals surface area contributed by atoms with Gasteiger partial charge in [0.2, 0.25) is 0 Å². The fourth-order valence-corrected chi connectivity index (χ4v) is 12.5. The molecule has 1 aliphatic rings. The Bertz CT molecular complexity index is 4380. The zero-order valence-electron chi connectivity index (χ0n) is 33.5. The average molecular weight is 777 g/mol. The Hall–Kier alpha value is -8.06. The molecule has 62 heavy (non-hydrogen) atoms. The summed E-state index contributed by atoms with van der Waals surface area (Å²) in [7, 11) is 0. The minimum absolute atomic E-state index is 1.23. The maximum absolute atomic E-state index is 2.49. The molecule has 0 N–H and O–H groups in total. The van der Waals surface area contributed by atoms with Gasteiger partial charge in [-0.2, -0.15) is 0 Å². The zero-order valence-corrected chi connectivity index (χ0v) is 33.5. The summed E-state index contributed by atoms with van der Waals surface area (Å²) in [6, 6.07) is 73.9. The summed E-state index contributed by atoms with van der Waals surface area (Å²) < 4.78 is 0. The molecule has 0 aromatic heterocycles. The van der Waals surface area contributed by atoms with Crippen LogP contribution in [0.3, 0.4) is 0 Å². The van der Waals surface area contributed by atoms with Crippen LogP contribution >= 0.6 is 0 Å². The maximum Gasteiger partial charge on any atom is -0.000696 e. The molecule has 15 aromatic rings. The summed E-state index contributed by atoms with van der Waals surface area (Å²) in [5.41, 5.74) is 10.4. The van der Waals surface area contributed by atoms with Crippen molar-refractivity contribution >= 4 is 118 Å². The third-order valence-corrected chi connectivity index (χ3v) is 14.9. The summed E-state index contributed by atoms with van der Waals surface area (Å²) in [4.78, 5) is 0. The Kier molecular flexibility index (Phi) is 5.64. The lowest BCUT2D eigenvalue weighted by atomic mass is 9.87. The minimum atomic E-state index is 1.23. The Morgan fingerprint density at radius 3 is 1.31 bits per heavy atom. The van der Waals surface area contributed by atoms with Gasteiger partial charge in [-0.05, 0) is 187 Å². The summed E-state index contributed by atoms with van der Waals surface area (Å²) >= 11 is 0. The van der Waals surface area contributed by atoms with Gasteiger partial charge in [0.25, 0.3) is 0 Å². The first kappa shape index (κ1) is 31.8. The molecule has 16 rings (SSSR count). The third kappa shape index (κ3) is 3.70. The summed E-state index contributed by atoms with van der Waals surface area (Å²) in [6.07, 6.45) is 0. The quantitative estimate of drug-likeness (QED) is 0.121. The highest BCUT2D eigenvalue weighted by molar-refractivity contribution is 6.52. The first-order valence-corrected chi connectivity index (χ1v) is 21.8. The van der Waals surface area contributed by atoms with Crippen molar-refractivity contribution in [2.24, 2.45) is 0 Å². The Balaban J connectivity index is 1.11. The van der Waals surface area contributed by atoms with E-state index in [4.69, 9.17) is 0 Å². The first-order chi connectivity index (χ1) is 30.8. The standard InChI is InChI=1S/C62H32/c1-2-11-33(12-3-1)34-16-10-17-38(29-34)53-52-32-37-15-6-7-18-39(37)54-40-19-8-9-20-41(40)59(62(52)54)61-49-28-26-45-43-22-24-47-51-31-36-14-5-4-13-35(36)30-50(51)46-23-21-42(55(43)57(46)47)44-25-27-48(60(53)61)58(49)56(44)45/h1-32H. The van der Waals surface area contributed by atoms with E-state index in [2.05, 4.69) is 194 Å². The van der Waals surface area contributed by atoms with Crippen LogP contribution < -0.4 is 0 Å². The summed E-state index contributed by atoms with van der Waals surface area (Å²) in [5, 5.41) is 29.6. The van der Waals surface area contributed by atoms with Crippen LogP contribution in [0.5, 0.6) is 0 Å². The first-order valence-electron chi connectivity index (χ1n) is 21.8. The highest BCUT2D eigenvalue weighted by Crippen LogP contribution is 2.58. The molecule has 0 saturated carbocycles. The van der Waals surface area contributed by atoms with Crippen LogP contribution in [-0.2, 0) is 0 Å². The van der Waals surface area contributed by atoms with Gasteiger partial charge in [-0.1, -0.05) is 170 Å². The van der Waals surface area contributed by atoms with E-state index in [0.717, 1.165) is 0 Å². The van der Waals surface area contributed by atoms with E-state index in [9.17, 15) is 0 Å². The Morgan fingerprint density at radius 1 is 0.177 bits per heavy atom. The van der Waals surface area contributed by atoms with Gasteiger partial charge in [0.1, 0.15) is 0 Å². The largest absolute Gasteiger partial charge is 0.0622 e. The fraction of sp³-hybridized carbons (Fsp3) is 0. The molecule has 0 bridgehead atoms. The molecule has 280 valence electrons. The molecule has 0 saturated heterocycles. The van der Waals surface area contributed by atoms with Gasteiger partial charge in [-0.15, -0.1) is 0 Å². The number of rotatable bonds is 2. The lowest BCUT2D eigenvalue weighted by Crippen LogP contribution is -1.88. The number of hydrogen-bond acceptors (Lipinski definition) is 0. The normalized spacial score (nSPS) is 12.8. The summed E-state index contributed by atoms with van der Waals surface area (Å²) in [6.45, 7) is 0. The molecule has 0 nitrogen and oxygen atoms in total. The topological polar surface area (TPSA) is 0 Å². The molecular weight excluding hydrogens is 745 g/mol. The van der Waals surface area contributed by atoms with Crippen LogP contribution in [0.25, 0.3) is 163 Å². The summed E-state index contributed by atoms with van der Waals surface area (Å²) in [5.74, 6) is 0. The minimum Gasteiger partial charge on any atom is -0.0622 e. The monoisotopic (exact) mass is 776 g/mol. The van der Waals surface area contributed by atoms with Gasteiger partial charge >= 0.3 is 0 Å². The molecule has 0 amide bonds. The van der Waals surface area contributed by atoms with E-state index in [1.54, 1.807) is 0 Å². The second-order valence-electron chi connectivity index (χ2n) is 17.8. The molecule has 0 unspecified atom stereocenters. The Morgan fingerprint density at radius 2 is 0.613 bits per heavy atom. The van der Waals surface area contributed by atoms with Crippen molar-refractivity contribution in [2.45, 2.75) is 0 Å². The molecular formula is C62H32. The molecule has 0 heterocycles. The van der Waals surface area contributed by atoms with Crippen LogP contribution in [0.15, 0.2) is 194 Å². The van der Waals surface area contributed by atoms with Crippen molar-refractivity contribution in [1.82, 2.24) is 0 Å². The molecule has 0 atom stereocenters. The van der Waals surface area contributed by atoms with Gasteiger partial charge in [0.05, 0.1) is 0 Å². The second-order valence-corrected chi connectivity index (χ2v) is 17.8. The molecule has 0 fully saturated rings. The van der Waals surface area contributed by atoms with Crippen molar-refractivity contribution < 1.29 is 0 Å². The van der Waals surface area contributed by atoms with Gasteiger partial charge in [0.15, 0.2) is 0 Å².